The molecule has 0 bridgehead atoms. The topological polar surface area (TPSA) is 63.2 Å². The van der Waals surface area contributed by atoms with E-state index in [4.69, 9.17) is 0 Å². The molecule has 0 radical (unpaired) electrons. The summed E-state index contributed by atoms with van der Waals surface area (Å²) in [6, 6.07) is 0.707. The largest absolute Gasteiger partial charge is 0.294 e. The summed E-state index contributed by atoms with van der Waals surface area (Å²) in [5.41, 5.74) is -0.423. The third-order valence-electron chi connectivity index (χ3n) is 2.32. The molecule has 1 aromatic carbocycles. The minimum atomic E-state index is -4.12. The summed E-state index contributed by atoms with van der Waals surface area (Å²) in [5, 5.41) is 0. The number of hydrogen-bond donors (Lipinski definition) is 1. The number of nitrogens with one attached hydrogen (secondary N) is 1. The van der Waals surface area contributed by atoms with Crippen molar-refractivity contribution in [1.29, 1.82) is 0 Å². The lowest BCUT2D eigenvalue weighted by Crippen LogP contribution is -2.31. The van der Waals surface area contributed by atoms with E-state index in [1.165, 1.54) is 6.92 Å². The van der Waals surface area contributed by atoms with E-state index in [1.807, 2.05) is 0 Å². The Labute approximate surface area is 110 Å². The zero-order valence-corrected chi connectivity index (χ0v) is 11.6. The Morgan fingerprint density at radius 3 is 2.32 bits per heavy atom. The predicted octanol–water partition coefficient (Wildman–Crippen LogP) is 2.24. The summed E-state index contributed by atoms with van der Waals surface area (Å²) in [4.78, 5) is 10.7. The fourth-order valence-corrected chi connectivity index (χ4v) is 2.85. The molecule has 0 saturated carbocycles. The highest BCUT2D eigenvalue weighted by molar-refractivity contribution is 7.89. The van der Waals surface area contributed by atoms with Crippen LogP contribution in [0.1, 0.15) is 37.6 Å². The van der Waals surface area contributed by atoms with Crippen LogP contribution in [0, 0.1) is 11.6 Å². The van der Waals surface area contributed by atoms with Gasteiger partial charge in [0.25, 0.3) is 0 Å². The summed E-state index contributed by atoms with van der Waals surface area (Å²) >= 11 is 0. The smallest absolute Gasteiger partial charge is 0.243 e. The van der Waals surface area contributed by atoms with Gasteiger partial charge in [-0.1, -0.05) is 6.92 Å². The molecule has 106 valence electrons. The lowest BCUT2D eigenvalue weighted by molar-refractivity contribution is 0.0984. The zero-order valence-electron chi connectivity index (χ0n) is 10.8. The first-order valence-electron chi connectivity index (χ1n) is 5.73. The maximum absolute atomic E-state index is 13.6. The molecule has 0 amide bonds. The number of benzene rings is 1. The van der Waals surface area contributed by atoms with Crippen molar-refractivity contribution in [1.82, 2.24) is 4.72 Å². The number of carbonyl (C=O) groups is 1. The van der Waals surface area contributed by atoms with Crippen LogP contribution in [-0.4, -0.2) is 20.2 Å². The van der Waals surface area contributed by atoms with Crippen LogP contribution in [0.5, 0.6) is 0 Å². The second-order valence-corrected chi connectivity index (χ2v) is 6.00. The number of halogens is 2. The molecule has 19 heavy (non-hydrogen) atoms. The number of ketones is 1. The first kappa shape index (κ1) is 15.7. The summed E-state index contributed by atoms with van der Waals surface area (Å²) in [7, 11) is -4.12. The Morgan fingerprint density at radius 1 is 1.26 bits per heavy atom. The standard InChI is InChI=1S/C12H15F2NO3S/c1-4-11(16)8-5-12(10(14)6-9(8)13)19(17,18)15-7(2)3/h5-7,15H,4H2,1-3H3. The number of hydrogen-bond acceptors (Lipinski definition) is 3. The lowest BCUT2D eigenvalue weighted by atomic mass is 10.1. The Balaban J connectivity index is 3.41. The second-order valence-electron chi connectivity index (χ2n) is 4.32. The van der Waals surface area contributed by atoms with Gasteiger partial charge in [-0.25, -0.2) is 21.9 Å². The predicted molar refractivity (Wildman–Crippen MR) is 66.4 cm³/mol. The summed E-state index contributed by atoms with van der Waals surface area (Å²) in [5.74, 6) is -2.87. The maximum atomic E-state index is 13.6. The fraction of sp³-hybridized carbons (Fsp3) is 0.417. The van der Waals surface area contributed by atoms with Gasteiger partial charge in [-0.2, -0.15) is 0 Å². The molecule has 4 nitrogen and oxygen atoms in total. The molecule has 0 aliphatic rings. The Kier molecular flexibility index (Phi) is 4.75. The second kappa shape index (κ2) is 5.75. The molecule has 1 rings (SSSR count). The molecule has 1 aromatic rings. The van der Waals surface area contributed by atoms with Crippen LogP contribution in [0.4, 0.5) is 8.78 Å². The molecule has 0 heterocycles. The van der Waals surface area contributed by atoms with Crippen molar-refractivity contribution >= 4 is 15.8 Å². The van der Waals surface area contributed by atoms with E-state index >= 15 is 0 Å². The van der Waals surface area contributed by atoms with Crippen LogP contribution < -0.4 is 4.72 Å². The number of sulfonamides is 1. The Morgan fingerprint density at radius 2 is 1.84 bits per heavy atom. The Hall–Kier alpha value is -1.34. The van der Waals surface area contributed by atoms with Crippen molar-refractivity contribution in [2.24, 2.45) is 0 Å². The van der Waals surface area contributed by atoms with E-state index in [9.17, 15) is 22.0 Å². The van der Waals surface area contributed by atoms with E-state index < -0.39 is 43.9 Å². The quantitative estimate of drug-likeness (QED) is 0.846. The van der Waals surface area contributed by atoms with E-state index in [0.29, 0.717) is 6.07 Å². The first-order valence-corrected chi connectivity index (χ1v) is 7.22. The fourth-order valence-electron chi connectivity index (χ4n) is 1.51. The number of rotatable bonds is 5. The molecule has 0 unspecified atom stereocenters. The lowest BCUT2D eigenvalue weighted by Gasteiger charge is -2.11. The van der Waals surface area contributed by atoms with Crippen LogP contribution in [0.15, 0.2) is 17.0 Å². The monoisotopic (exact) mass is 291 g/mol. The van der Waals surface area contributed by atoms with Gasteiger partial charge in [0.15, 0.2) is 5.78 Å². The van der Waals surface area contributed by atoms with Crippen LogP contribution in [-0.2, 0) is 10.0 Å². The molecule has 7 heteroatoms. The van der Waals surface area contributed by atoms with Gasteiger partial charge in [0, 0.05) is 18.5 Å². The highest BCUT2D eigenvalue weighted by Gasteiger charge is 2.24. The van der Waals surface area contributed by atoms with E-state index in [2.05, 4.69) is 4.72 Å². The summed E-state index contributed by atoms with van der Waals surface area (Å²) < 4.78 is 52.9. The van der Waals surface area contributed by atoms with Gasteiger partial charge in [0.1, 0.15) is 16.5 Å². The average Bonchev–Trinajstić information content (AvgIpc) is 2.25. The van der Waals surface area contributed by atoms with Crippen molar-refractivity contribution in [2.45, 2.75) is 38.1 Å². The van der Waals surface area contributed by atoms with Gasteiger partial charge < -0.3 is 0 Å². The Bertz CT molecular complexity index is 597. The van der Waals surface area contributed by atoms with Crippen molar-refractivity contribution in [3.8, 4) is 0 Å². The SMILES string of the molecule is CCC(=O)c1cc(S(=O)(=O)NC(C)C)c(F)cc1F. The minimum absolute atomic E-state index is 0.000348. The van der Waals surface area contributed by atoms with Gasteiger partial charge in [0.05, 0.1) is 5.56 Å². The molecule has 0 saturated heterocycles. The molecular formula is C12H15F2NO3S. The molecule has 0 spiro atoms. The highest BCUT2D eigenvalue weighted by atomic mass is 32.2. The van der Waals surface area contributed by atoms with Crippen molar-refractivity contribution in [3.63, 3.8) is 0 Å². The van der Waals surface area contributed by atoms with Crippen LogP contribution in [0.25, 0.3) is 0 Å². The summed E-state index contributed by atoms with van der Waals surface area (Å²) in [6.07, 6.45) is -0.000348. The van der Waals surface area contributed by atoms with Gasteiger partial charge in [-0.15, -0.1) is 0 Å². The van der Waals surface area contributed by atoms with Gasteiger partial charge in [0.2, 0.25) is 10.0 Å². The number of carbonyl (C=O) groups excluding carboxylic acids is 1. The normalized spacial score (nSPS) is 11.9. The van der Waals surface area contributed by atoms with Gasteiger partial charge in [-0.3, -0.25) is 4.79 Å². The van der Waals surface area contributed by atoms with Crippen LogP contribution in [0.2, 0.25) is 0 Å². The zero-order chi connectivity index (χ0) is 14.8. The molecule has 1 N–H and O–H groups in total. The van der Waals surface area contributed by atoms with Gasteiger partial charge >= 0.3 is 0 Å². The van der Waals surface area contributed by atoms with Crippen molar-refractivity contribution < 1.29 is 22.0 Å². The molecular weight excluding hydrogens is 276 g/mol. The number of Topliss-reactive ketones (excluding diaryl/α,β-unsaturated/α-hetero) is 1. The van der Waals surface area contributed by atoms with E-state index in [1.54, 1.807) is 13.8 Å². The van der Waals surface area contributed by atoms with Crippen molar-refractivity contribution in [3.05, 3.63) is 29.3 Å². The minimum Gasteiger partial charge on any atom is -0.294 e. The van der Waals surface area contributed by atoms with Crippen molar-refractivity contribution in [2.75, 3.05) is 0 Å². The molecule has 0 aliphatic carbocycles. The third kappa shape index (κ3) is 3.57. The third-order valence-corrected chi connectivity index (χ3v) is 4.00. The van der Waals surface area contributed by atoms with Crippen LogP contribution >= 0.6 is 0 Å². The molecule has 0 atom stereocenters. The molecule has 0 aliphatic heterocycles. The van der Waals surface area contributed by atoms with E-state index in [-0.39, 0.29) is 6.42 Å². The molecule has 0 fully saturated rings. The first-order chi connectivity index (χ1) is 8.69. The van der Waals surface area contributed by atoms with Gasteiger partial charge in [-0.05, 0) is 19.9 Å². The maximum Gasteiger partial charge on any atom is 0.243 e. The highest BCUT2D eigenvalue weighted by Crippen LogP contribution is 2.20. The summed E-state index contributed by atoms with van der Waals surface area (Å²) in [6.45, 7) is 4.64. The van der Waals surface area contributed by atoms with Crippen LogP contribution in [0.3, 0.4) is 0 Å². The molecule has 0 aromatic heterocycles. The average molecular weight is 291 g/mol. The van der Waals surface area contributed by atoms with E-state index in [0.717, 1.165) is 6.07 Å².